The Bertz CT molecular complexity index is 1380. The highest BCUT2D eigenvalue weighted by molar-refractivity contribution is 5.89. The summed E-state index contributed by atoms with van der Waals surface area (Å²) >= 11 is 0. The number of pyridine rings is 3. The summed E-state index contributed by atoms with van der Waals surface area (Å²) in [5.41, 5.74) is 5.72. The van der Waals surface area contributed by atoms with Gasteiger partial charge in [0.05, 0.1) is 36.5 Å². The first-order valence-corrected chi connectivity index (χ1v) is 9.60. The molecule has 5 aromatic rings. The molecule has 3 aromatic heterocycles. The standard InChI is InChI=1S/C25H19N3O2/c1-29-24-12-9-20(25(28-24)30-2)23-11-8-18-13-16(7-10-22(18)27-23)19-14-17-5-3-4-6-21(17)26-15-19/h3-15H,1-2H3. The number of hydrogen-bond donors (Lipinski definition) is 0. The molecular formula is C25H19N3O2. The van der Waals surface area contributed by atoms with Gasteiger partial charge in [-0.1, -0.05) is 30.3 Å². The number of aromatic nitrogens is 3. The first kappa shape index (κ1) is 18.1. The van der Waals surface area contributed by atoms with Crippen molar-refractivity contribution in [3.63, 3.8) is 0 Å². The molecule has 0 spiro atoms. The summed E-state index contributed by atoms with van der Waals surface area (Å²) in [6.45, 7) is 0. The first-order valence-electron chi connectivity index (χ1n) is 9.60. The molecule has 5 nitrogen and oxygen atoms in total. The predicted molar refractivity (Wildman–Crippen MR) is 119 cm³/mol. The summed E-state index contributed by atoms with van der Waals surface area (Å²) in [4.78, 5) is 13.7. The maximum Gasteiger partial charge on any atom is 0.225 e. The minimum Gasteiger partial charge on any atom is -0.481 e. The number of ether oxygens (including phenoxy) is 2. The van der Waals surface area contributed by atoms with Crippen LogP contribution in [0.15, 0.2) is 79.0 Å². The molecule has 0 saturated carbocycles. The van der Waals surface area contributed by atoms with Crippen molar-refractivity contribution >= 4 is 21.8 Å². The Morgan fingerprint density at radius 2 is 1.50 bits per heavy atom. The fraction of sp³-hybridized carbons (Fsp3) is 0.0800. The summed E-state index contributed by atoms with van der Waals surface area (Å²) in [7, 11) is 3.18. The highest BCUT2D eigenvalue weighted by atomic mass is 16.5. The molecule has 0 unspecified atom stereocenters. The quantitative estimate of drug-likeness (QED) is 0.402. The molecule has 0 aliphatic rings. The topological polar surface area (TPSA) is 57.1 Å². The smallest absolute Gasteiger partial charge is 0.225 e. The third kappa shape index (κ3) is 3.20. The average molecular weight is 393 g/mol. The monoisotopic (exact) mass is 393 g/mol. The highest BCUT2D eigenvalue weighted by Crippen LogP contribution is 2.31. The van der Waals surface area contributed by atoms with Crippen LogP contribution in [0.1, 0.15) is 0 Å². The van der Waals surface area contributed by atoms with Gasteiger partial charge < -0.3 is 9.47 Å². The molecular weight excluding hydrogens is 374 g/mol. The lowest BCUT2D eigenvalue weighted by molar-refractivity contribution is 0.366. The maximum absolute atomic E-state index is 5.43. The van der Waals surface area contributed by atoms with E-state index in [4.69, 9.17) is 14.5 Å². The molecule has 0 N–H and O–H groups in total. The summed E-state index contributed by atoms with van der Waals surface area (Å²) in [6.07, 6.45) is 1.92. The molecule has 146 valence electrons. The molecule has 5 heteroatoms. The van der Waals surface area contributed by atoms with E-state index >= 15 is 0 Å². The molecule has 0 fully saturated rings. The van der Waals surface area contributed by atoms with Gasteiger partial charge in [0, 0.05) is 28.6 Å². The minimum absolute atomic E-state index is 0.486. The van der Waals surface area contributed by atoms with Crippen molar-refractivity contribution in [2.45, 2.75) is 0 Å². The number of benzene rings is 2. The summed E-state index contributed by atoms with van der Waals surface area (Å²) in [5, 5.41) is 2.19. The zero-order valence-electron chi connectivity index (χ0n) is 16.7. The number of para-hydroxylation sites is 1. The van der Waals surface area contributed by atoms with Crippen molar-refractivity contribution in [3.8, 4) is 34.1 Å². The van der Waals surface area contributed by atoms with Gasteiger partial charge in [-0.05, 0) is 42.0 Å². The fourth-order valence-corrected chi connectivity index (χ4v) is 3.57. The third-order valence-corrected chi connectivity index (χ3v) is 5.13. The molecule has 0 saturated heterocycles. The maximum atomic E-state index is 5.43. The van der Waals surface area contributed by atoms with Gasteiger partial charge in [0.1, 0.15) is 0 Å². The van der Waals surface area contributed by atoms with Gasteiger partial charge in [0.2, 0.25) is 11.8 Å². The van der Waals surface area contributed by atoms with Crippen LogP contribution in [-0.4, -0.2) is 29.2 Å². The van der Waals surface area contributed by atoms with Crippen LogP contribution in [0, 0.1) is 0 Å². The van der Waals surface area contributed by atoms with Gasteiger partial charge in [0.25, 0.3) is 0 Å². The van der Waals surface area contributed by atoms with Gasteiger partial charge in [-0.2, -0.15) is 4.98 Å². The SMILES string of the molecule is COc1ccc(-c2ccc3cc(-c4cnc5ccccc5c4)ccc3n2)c(OC)n1. The first-order chi connectivity index (χ1) is 14.7. The second-order valence-corrected chi connectivity index (χ2v) is 6.93. The van der Waals surface area contributed by atoms with Crippen LogP contribution in [-0.2, 0) is 0 Å². The molecule has 0 aliphatic heterocycles. The lowest BCUT2D eigenvalue weighted by Crippen LogP contribution is -1.96. The summed E-state index contributed by atoms with van der Waals surface area (Å²) < 4.78 is 10.6. The third-order valence-electron chi connectivity index (χ3n) is 5.13. The number of nitrogens with zero attached hydrogens (tertiary/aromatic N) is 3. The van der Waals surface area contributed by atoms with E-state index in [9.17, 15) is 0 Å². The highest BCUT2D eigenvalue weighted by Gasteiger charge is 2.11. The van der Waals surface area contributed by atoms with Crippen molar-refractivity contribution in [1.82, 2.24) is 15.0 Å². The molecule has 30 heavy (non-hydrogen) atoms. The van der Waals surface area contributed by atoms with Crippen LogP contribution in [0.2, 0.25) is 0 Å². The molecule has 5 rings (SSSR count). The molecule has 0 atom stereocenters. The molecule has 0 bridgehead atoms. The largest absolute Gasteiger partial charge is 0.481 e. The molecule has 0 radical (unpaired) electrons. The molecule has 2 aromatic carbocycles. The second-order valence-electron chi connectivity index (χ2n) is 6.93. The van der Waals surface area contributed by atoms with E-state index in [1.165, 1.54) is 0 Å². The van der Waals surface area contributed by atoms with Crippen LogP contribution in [0.5, 0.6) is 11.8 Å². The Kier molecular flexibility index (Phi) is 4.48. The summed E-state index contributed by atoms with van der Waals surface area (Å²) in [6, 6.07) is 24.3. The summed E-state index contributed by atoms with van der Waals surface area (Å²) in [5.74, 6) is 0.991. The van der Waals surface area contributed by atoms with E-state index in [2.05, 4.69) is 40.3 Å². The van der Waals surface area contributed by atoms with E-state index in [1.807, 2.05) is 42.6 Å². The van der Waals surface area contributed by atoms with Crippen molar-refractivity contribution in [2.24, 2.45) is 0 Å². The Labute approximate surface area is 174 Å². The van der Waals surface area contributed by atoms with Gasteiger partial charge in [-0.15, -0.1) is 0 Å². The predicted octanol–water partition coefficient (Wildman–Crippen LogP) is 5.53. The zero-order valence-corrected chi connectivity index (χ0v) is 16.7. The van der Waals surface area contributed by atoms with Gasteiger partial charge in [0.15, 0.2) is 0 Å². The van der Waals surface area contributed by atoms with Crippen molar-refractivity contribution in [3.05, 3.63) is 79.0 Å². The number of fused-ring (bicyclic) bond motifs is 2. The lowest BCUT2D eigenvalue weighted by atomic mass is 10.0. The lowest BCUT2D eigenvalue weighted by Gasteiger charge is -2.10. The van der Waals surface area contributed by atoms with Gasteiger partial charge in [-0.3, -0.25) is 4.98 Å². The van der Waals surface area contributed by atoms with Crippen LogP contribution in [0.25, 0.3) is 44.2 Å². The van der Waals surface area contributed by atoms with Gasteiger partial charge >= 0.3 is 0 Å². The van der Waals surface area contributed by atoms with Gasteiger partial charge in [-0.25, -0.2) is 4.98 Å². The molecule has 0 amide bonds. The Balaban J connectivity index is 1.55. The van der Waals surface area contributed by atoms with E-state index in [0.29, 0.717) is 11.8 Å². The van der Waals surface area contributed by atoms with Crippen molar-refractivity contribution in [1.29, 1.82) is 0 Å². The van der Waals surface area contributed by atoms with Crippen molar-refractivity contribution in [2.75, 3.05) is 14.2 Å². The number of hydrogen-bond acceptors (Lipinski definition) is 5. The van der Waals surface area contributed by atoms with Crippen LogP contribution in [0.3, 0.4) is 0 Å². The molecule has 3 heterocycles. The minimum atomic E-state index is 0.486. The van der Waals surface area contributed by atoms with Crippen LogP contribution in [0.4, 0.5) is 0 Å². The average Bonchev–Trinajstić information content (AvgIpc) is 2.82. The normalized spacial score (nSPS) is 11.0. The van der Waals surface area contributed by atoms with E-state index in [1.54, 1.807) is 20.3 Å². The van der Waals surface area contributed by atoms with E-state index in [0.717, 1.165) is 44.2 Å². The van der Waals surface area contributed by atoms with Crippen LogP contribution >= 0.6 is 0 Å². The molecule has 0 aliphatic carbocycles. The Hall–Kier alpha value is -3.99. The van der Waals surface area contributed by atoms with Crippen molar-refractivity contribution < 1.29 is 9.47 Å². The van der Waals surface area contributed by atoms with E-state index < -0.39 is 0 Å². The Morgan fingerprint density at radius 3 is 2.37 bits per heavy atom. The Morgan fingerprint density at radius 1 is 0.667 bits per heavy atom. The second kappa shape index (κ2) is 7.44. The number of rotatable bonds is 4. The fourth-order valence-electron chi connectivity index (χ4n) is 3.57. The van der Waals surface area contributed by atoms with E-state index in [-0.39, 0.29) is 0 Å². The van der Waals surface area contributed by atoms with Crippen LogP contribution < -0.4 is 9.47 Å². The zero-order chi connectivity index (χ0) is 20.5. The number of methoxy groups -OCH3 is 2.